The number of nitrogens with zero attached hydrogens (tertiary/aromatic N) is 2. The minimum atomic E-state index is -0.311. The Bertz CT molecular complexity index is 479. The average Bonchev–Trinajstić information content (AvgIpc) is 2.16. The van der Waals surface area contributed by atoms with E-state index >= 15 is 0 Å². The predicted molar refractivity (Wildman–Crippen MR) is 57.2 cm³/mol. The molecule has 2 aromatic rings. The molecule has 0 saturated heterocycles. The van der Waals surface area contributed by atoms with Gasteiger partial charge in [-0.1, -0.05) is 23.7 Å². The number of hydrogen-bond donors (Lipinski definition) is 0. The second-order valence-corrected chi connectivity index (χ2v) is 3.55. The van der Waals surface area contributed by atoms with Crippen LogP contribution in [0.3, 0.4) is 0 Å². The van der Waals surface area contributed by atoms with Gasteiger partial charge in [-0.25, -0.2) is 14.4 Å². The van der Waals surface area contributed by atoms with E-state index < -0.39 is 0 Å². The molecule has 0 bridgehead atoms. The molecule has 0 aliphatic carbocycles. The van der Waals surface area contributed by atoms with Gasteiger partial charge in [-0.2, -0.15) is 0 Å². The molecule has 2 nitrogen and oxygen atoms in total. The highest BCUT2D eigenvalue weighted by molar-refractivity contribution is 6.29. The molecule has 1 aromatic carbocycles. The maximum Gasteiger partial charge on any atom is 0.161 e. The van der Waals surface area contributed by atoms with Gasteiger partial charge < -0.3 is 0 Å². The lowest BCUT2D eigenvalue weighted by Crippen LogP contribution is -1.92. The highest BCUT2D eigenvalue weighted by Crippen LogP contribution is 2.18. The van der Waals surface area contributed by atoms with Crippen LogP contribution in [0.2, 0.25) is 5.15 Å². The lowest BCUT2D eigenvalue weighted by molar-refractivity contribution is 0.628. The van der Waals surface area contributed by atoms with Gasteiger partial charge in [0.25, 0.3) is 0 Å². The SMILES string of the molecule is Cc1cc(Cl)nc(-c2cccc(F)c2)n1. The molecule has 76 valence electrons. The first kappa shape index (κ1) is 10.1. The average molecular weight is 223 g/mol. The smallest absolute Gasteiger partial charge is 0.161 e. The first-order chi connectivity index (χ1) is 7.15. The van der Waals surface area contributed by atoms with Gasteiger partial charge in [0, 0.05) is 11.3 Å². The Morgan fingerprint density at radius 3 is 2.67 bits per heavy atom. The molecule has 0 aliphatic rings. The zero-order valence-corrected chi connectivity index (χ0v) is 8.79. The molecular weight excluding hydrogens is 215 g/mol. The van der Waals surface area contributed by atoms with Gasteiger partial charge in [-0.05, 0) is 25.1 Å². The molecule has 0 unspecified atom stereocenters. The van der Waals surface area contributed by atoms with Crippen LogP contribution in [-0.2, 0) is 0 Å². The summed E-state index contributed by atoms with van der Waals surface area (Å²) in [5.41, 5.74) is 1.38. The van der Waals surface area contributed by atoms with Gasteiger partial charge in [0.15, 0.2) is 5.82 Å². The summed E-state index contributed by atoms with van der Waals surface area (Å²) in [7, 11) is 0. The summed E-state index contributed by atoms with van der Waals surface area (Å²) < 4.78 is 13.0. The zero-order chi connectivity index (χ0) is 10.8. The molecule has 1 aromatic heterocycles. The van der Waals surface area contributed by atoms with E-state index in [9.17, 15) is 4.39 Å². The van der Waals surface area contributed by atoms with Crippen molar-refractivity contribution in [1.29, 1.82) is 0 Å². The molecule has 0 saturated carbocycles. The van der Waals surface area contributed by atoms with Crippen LogP contribution in [0.1, 0.15) is 5.69 Å². The molecule has 0 fully saturated rings. The van der Waals surface area contributed by atoms with Crippen LogP contribution in [0.25, 0.3) is 11.4 Å². The van der Waals surface area contributed by atoms with Crippen LogP contribution < -0.4 is 0 Å². The summed E-state index contributed by atoms with van der Waals surface area (Å²) >= 11 is 5.79. The Balaban J connectivity index is 2.54. The molecular formula is C11H8ClFN2. The van der Waals surface area contributed by atoms with Crippen molar-refractivity contribution in [3.05, 3.63) is 47.0 Å². The van der Waals surface area contributed by atoms with Gasteiger partial charge in [-0.3, -0.25) is 0 Å². The summed E-state index contributed by atoms with van der Waals surface area (Å²) in [5.74, 6) is 0.133. The highest BCUT2D eigenvalue weighted by Gasteiger charge is 2.04. The molecule has 0 radical (unpaired) electrons. The number of hydrogen-bond acceptors (Lipinski definition) is 2. The van der Waals surface area contributed by atoms with Gasteiger partial charge in [0.2, 0.25) is 0 Å². The van der Waals surface area contributed by atoms with E-state index in [-0.39, 0.29) is 5.82 Å². The van der Waals surface area contributed by atoms with Crippen LogP contribution in [0.4, 0.5) is 4.39 Å². The molecule has 2 rings (SSSR count). The predicted octanol–water partition coefficient (Wildman–Crippen LogP) is 3.24. The highest BCUT2D eigenvalue weighted by atomic mass is 35.5. The van der Waals surface area contributed by atoms with Crippen LogP contribution in [0.5, 0.6) is 0 Å². The number of rotatable bonds is 1. The minimum absolute atomic E-state index is 0.311. The maximum atomic E-state index is 13.0. The van der Waals surface area contributed by atoms with E-state index in [0.29, 0.717) is 16.5 Å². The van der Waals surface area contributed by atoms with Crippen LogP contribution >= 0.6 is 11.6 Å². The quantitative estimate of drug-likeness (QED) is 0.693. The lowest BCUT2D eigenvalue weighted by Gasteiger charge is -2.02. The third kappa shape index (κ3) is 2.30. The zero-order valence-electron chi connectivity index (χ0n) is 8.04. The third-order valence-electron chi connectivity index (χ3n) is 1.91. The number of aromatic nitrogens is 2. The van der Waals surface area contributed by atoms with Gasteiger partial charge >= 0.3 is 0 Å². The van der Waals surface area contributed by atoms with Crippen molar-refractivity contribution >= 4 is 11.6 Å². The standard InChI is InChI=1S/C11H8ClFN2/c1-7-5-10(12)15-11(14-7)8-3-2-4-9(13)6-8/h2-6H,1H3. The Morgan fingerprint density at radius 2 is 2.00 bits per heavy atom. The Labute approximate surface area is 91.8 Å². The third-order valence-corrected chi connectivity index (χ3v) is 2.10. The summed E-state index contributed by atoms with van der Waals surface area (Å²) in [6.45, 7) is 1.82. The van der Waals surface area contributed by atoms with Crippen molar-refractivity contribution in [1.82, 2.24) is 9.97 Å². The summed E-state index contributed by atoms with van der Waals surface area (Å²) in [6.07, 6.45) is 0. The number of halogens is 2. The summed E-state index contributed by atoms with van der Waals surface area (Å²) in [6, 6.07) is 7.77. The van der Waals surface area contributed by atoms with Crippen molar-refractivity contribution in [3.8, 4) is 11.4 Å². The lowest BCUT2D eigenvalue weighted by atomic mass is 10.2. The van der Waals surface area contributed by atoms with Gasteiger partial charge in [-0.15, -0.1) is 0 Å². The molecule has 0 amide bonds. The molecule has 0 spiro atoms. The molecule has 0 atom stereocenters. The van der Waals surface area contributed by atoms with Crippen molar-refractivity contribution in [3.63, 3.8) is 0 Å². The van der Waals surface area contributed by atoms with Crippen molar-refractivity contribution < 1.29 is 4.39 Å². The Kier molecular flexibility index (Phi) is 2.64. The first-order valence-electron chi connectivity index (χ1n) is 4.42. The van der Waals surface area contributed by atoms with E-state index in [1.807, 2.05) is 6.92 Å². The second kappa shape index (κ2) is 3.95. The number of benzene rings is 1. The molecule has 0 aliphatic heterocycles. The van der Waals surface area contributed by atoms with Crippen LogP contribution in [0, 0.1) is 12.7 Å². The monoisotopic (exact) mass is 222 g/mol. The van der Waals surface area contributed by atoms with Crippen LogP contribution in [0.15, 0.2) is 30.3 Å². The van der Waals surface area contributed by atoms with E-state index in [4.69, 9.17) is 11.6 Å². The minimum Gasteiger partial charge on any atom is -0.233 e. The fourth-order valence-corrected chi connectivity index (χ4v) is 1.52. The summed E-state index contributed by atoms with van der Waals surface area (Å²) in [5, 5.41) is 0.363. The van der Waals surface area contributed by atoms with Crippen molar-refractivity contribution in [2.75, 3.05) is 0 Å². The molecule has 15 heavy (non-hydrogen) atoms. The molecule has 0 N–H and O–H groups in total. The van der Waals surface area contributed by atoms with Crippen LogP contribution in [-0.4, -0.2) is 9.97 Å². The topological polar surface area (TPSA) is 25.8 Å². The van der Waals surface area contributed by atoms with E-state index in [2.05, 4.69) is 9.97 Å². The first-order valence-corrected chi connectivity index (χ1v) is 4.80. The molecule has 4 heteroatoms. The fourth-order valence-electron chi connectivity index (χ4n) is 1.29. The Morgan fingerprint density at radius 1 is 1.20 bits per heavy atom. The van der Waals surface area contributed by atoms with Gasteiger partial charge in [0.05, 0.1) is 0 Å². The second-order valence-electron chi connectivity index (χ2n) is 3.17. The summed E-state index contributed by atoms with van der Waals surface area (Å²) in [4.78, 5) is 8.22. The number of aryl methyl sites for hydroxylation is 1. The maximum absolute atomic E-state index is 13.0. The van der Waals surface area contributed by atoms with E-state index in [0.717, 1.165) is 5.69 Å². The van der Waals surface area contributed by atoms with Gasteiger partial charge in [0.1, 0.15) is 11.0 Å². The Hall–Kier alpha value is -1.48. The van der Waals surface area contributed by atoms with E-state index in [1.165, 1.54) is 12.1 Å². The normalized spacial score (nSPS) is 10.3. The molecule has 1 heterocycles. The van der Waals surface area contributed by atoms with Crippen molar-refractivity contribution in [2.24, 2.45) is 0 Å². The van der Waals surface area contributed by atoms with Crippen molar-refractivity contribution in [2.45, 2.75) is 6.92 Å². The largest absolute Gasteiger partial charge is 0.233 e. The van der Waals surface area contributed by atoms with E-state index in [1.54, 1.807) is 18.2 Å². The fraction of sp³-hybridized carbons (Fsp3) is 0.0909.